The maximum absolute atomic E-state index is 10.7. The standard InChI is InChI=1S/C16H26N4O3S2Si2.C16H22N4O3S2Si2.C10H16N2O2SSi.C5H4N2OS.C3H8ClSi.C2H6O/c2*1-26(2,11-24-15-17-5-13(9-21)6-18-15)23-27(3,4)12-25-16-19-7-14(10-22)8-20-16;1-4-14-16(2,3)8-15-10-11-5-9(7-13)6-12-10;8-3-4-1-6-5(9)7-2-4;1-5(2)3-4;1-2-3/h5-8,21-22H,9-12H2,1-4H3;5-10H,11-12H2,1-4H3;5-7H,4,8H2,1-3H3;1-3H,(H,6,7,9);3H2,1-2H3;3H,2H2,1H3. The third kappa shape index (κ3) is 39.4. The van der Waals surface area contributed by atoms with Gasteiger partial charge >= 0.3 is 0 Å². The molecular formula is C52H82ClN12O10S6Si6. The van der Waals surface area contributed by atoms with E-state index in [2.05, 4.69) is 151 Å². The third-order valence-electron chi connectivity index (χ3n) is 9.56. The van der Waals surface area contributed by atoms with Gasteiger partial charge in [0.1, 0.15) is 0 Å². The van der Waals surface area contributed by atoms with Crippen molar-refractivity contribution in [1.82, 2.24) is 59.8 Å². The number of aromatic amines is 1. The molecule has 0 atom stereocenters. The second kappa shape index (κ2) is 44.1. The largest absolute Gasteiger partial charge is 0.454 e. The lowest BCUT2D eigenvalue weighted by Gasteiger charge is -2.33. The van der Waals surface area contributed by atoms with Crippen molar-refractivity contribution in [2.45, 2.75) is 131 Å². The molecule has 87 heavy (non-hydrogen) atoms. The average Bonchev–Trinajstić information content (AvgIpc) is 3.71. The van der Waals surface area contributed by atoms with Crippen molar-refractivity contribution in [1.29, 1.82) is 0 Å². The number of rotatable bonds is 28. The SMILES string of the molecule is CCO.CCO[Si](C)(C)CSc1ncc(C=O)cn1.C[Si](C)(CSc1ncc(C=O)cn1)O[Si](C)(C)CSc1ncc(C=O)cn1.C[Si](C)(CSc1ncc(CO)cn1)O[Si](C)(C)CSc1ncc(CO)cn1.C[Si](C)CCl.O=Cc1cnc(=S)[nH]c1. The number of carbonyl (C=O) groups excluding carboxylic acids is 4. The van der Waals surface area contributed by atoms with Crippen LogP contribution in [0.4, 0.5) is 0 Å². The van der Waals surface area contributed by atoms with E-state index < -0.39 is 41.6 Å². The molecule has 6 aromatic heterocycles. The number of carbonyl (C=O) groups is 4. The first-order valence-corrected chi connectivity index (χ1v) is 51.0. The zero-order chi connectivity index (χ0) is 65.5. The summed E-state index contributed by atoms with van der Waals surface area (Å²) in [6.07, 6.45) is 21.7. The van der Waals surface area contributed by atoms with Crippen LogP contribution in [0.25, 0.3) is 0 Å². The van der Waals surface area contributed by atoms with E-state index >= 15 is 0 Å². The smallest absolute Gasteiger partial charge is 0.196 e. The van der Waals surface area contributed by atoms with Gasteiger partial charge in [0, 0.05) is 137 Å². The minimum Gasteiger partial charge on any atom is -0.454 e. The van der Waals surface area contributed by atoms with E-state index in [4.69, 9.17) is 39.6 Å². The van der Waals surface area contributed by atoms with Crippen LogP contribution in [-0.4, -0.2) is 196 Å². The molecule has 0 fully saturated rings. The molecule has 0 saturated carbocycles. The fourth-order valence-electron chi connectivity index (χ4n) is 6.04. The second-order valence-corrected chi connectivity index (χ2v) is 53.8. The van der Waals surface area contributed by atoms with Gasteiger partial charge in [0.25, 0.3) is 0 Å². The number of aliphatic hydroxyl groups excluding tert-OH is 3. The number of aromatic nitrogens is 12. The molecule has 477 valence electrons. The molecule has 1 radical (unpaired) electrons. The molecule has 6 heterocycles. The number of halogens is 1. The fraction of sp³-hybridized carbons (Fsp3) is 0.462. The third-order valence-corrected chi connectivity index (χ3v) is 41.0. The van der Waals surface area contributed by atoms with E-state index in [-0.39, 0.29) is 28.6 Å². The highest BCUT2D eigenvalue weighted by molar-refractivity contribution is 8.01. The molecule has 0 unspecified atom stereocenters. The Balaban J connectivity index is 0.000000586. The monoisotopic (exact) mass is 1430 g/mol. The summed E-state index contributed by atoms with van der Waals surface area (Å²) >= 11 is 17.9. The van der Waals surface area contributed by atoms with E-state index in [0.717, 1.165) is 57.8 Å². The van der Waals surface area contributed by atoms with Crippen molar-refractivity contribution in [3.8, 4) is 0 Å². The van der Waals surface area contributed by atoms with Gasteiger partial charge in [0.15, 0.2) is 97.3 Å². The highest BCUT2D eigenvalue weighted by Crippen LogP contribution is 2.28. The van der Waals surface area contributed by atoms with Crippen molar-refractivity contribution < 1.29 is 47.2 Å². The van der Waals surface area contributed by atoms with Crippen LogP contribution in [-0.2, 0) is 25.9 Å². The van der Waals surface area contributed by atoms with Gasteiger partial charge in [0.2, 0.25) is 0 Å². The maximum Gasteiger partial charge on any atom is 0.196 e. The van der Waals surface area contributed by atoms with Gasteiger partial charge in [-0.1, -0.05) is 71.9 Å². The number of aliphatic hydroxyl groups is 3. The Hall–Kier alpha value is -3.52. The van der Waals surface area contributed by atoms with Crippen molar-refractivity contribution in [3.63, 3.8) is 0 Å². The van der Waals surface area contributed by atoms with Gasteiger partial charge < -0.3 is 33.0 Å². The van der Waals surface area contributed by atoms with Gasteiger partial charge in [-0.15, -0.1) is 11.6 Å². The molecule has 6 aromatic rings. The normalized spacial score (nSPS) is 11.3. The van der Waals surface area contributed by atoms with Crippen molar-refractivity contribution >= 4 is 158 Å². The number of hydrogen-bond acceptors (Lipinski definition) is 27. The summed E-state index contributed by atoms with van der Waals surface area (Å²) < 4.78 is 19.3. The summed E-state index contributed by atoms with van der Waals surface area (Å²) in [5.74, 6) is 0. The Morgan fingerprint density at radius 2 is 0.713 bits per heavy atom. The number of H-pyrrole nitrogens is 1. The number of hydrogen-bond donors (Lipinski definition) is 4. The Kier molecular flexibility index (Phi) is 41.3. The quantitative estimate of drug-likeness (QED) is 0.00886. The zero-order valence-corrected chi connectivity index (χ0v) is 63.4. The van der Waals surface area contributed by atoms with E-state index in [1.54, 1.807) is 90.5 Å². The first kappa shape index (κ1) is 81.5. The Morgan fingerprint density at radius 1 is 0.471 bits per heavy atom. The lowest BCUT2D eigenvalue weighted by molar-refractivity contribution is 0.111. The summed E-state index contributed by atoms with van der Waals surface area (Å²) in [5, 5.41) is 33.4. The fourth-order valence-corrected chi connectivity index (χ4v) is 33.1. The summed E-state index contributed by atoms with van der Waals surface area (Å²) in [5.41, 5.74) is 4.26. The molecule has 0 aliphatic heterocycles. The first-order chi connectivity index (χ1) is 41.0. The van der Waals surface area contributed by atoms with Crippen molar-refractivity contribution in [2.75, 3.05) is 45.6 Å². The molecule has 0 saturated heterocycles. The van der Waals surface area contributed by atoms with E-state index in [9.17, 15) is 19.2 Å². The molecule has 0 amide bonds. The van der Waals surface area contributed by atoms with Crippen molar-refractivity contribution in [3.05, 3.63) is 113 Å². The van der Waals surface area contributed by atoms with Crippen LogP contribution in [0.15, 0.2) is 100 Å². The van der Waals surface area contributed by atoms with E-state index in [1.165, 1.54) is 49.6 Å². The summed E-state index contributed by atoms with van der Waals surface area (Å²) in [6.45, 7) is 31.0. The lowest BCUT2D eigenvalue weighted by Crippen LogP contribution is -2.48. The second-order valence-electron chi connectivity index (χ2n) is 21.3. The molecular weight excluding hydrogens is 1350 g/mol. The molecule has 0 aliphatic carbocycles. The van der Waals surface area contributed by atoms with Crippen LogP contribution in [0, 0.1) is 4.77 Å². The molecule has 0 aromatic carbocycles. The van der Waals surface area contributed by atoms with Gasteiger partial charge in [-0.05, 0) is 91.5 Å². The summed E-state index contributed by atoms with van der Waals surface area (Å²) in [6, 6.07) is 0. The molecule has 0 bridgehead atoms. The lowest BCUT2D eigenvalue weighted by atomic mass is 10.4. The van der Waals surface area contributed by atoms with E-state index in [0.29, 0.717) is 70.2 Å². The topological polar surface area (TPSA) is 314 Å². The average molecular weight is 1430 g/mol. The van der Waals surface area contributed by atoms with Gasteiger partial charge in [0.05, 0.1) is 38.7 Å². The molecule has 4 N–H and O–H groups in total. The Morgan fingerprint density at radius 3 is 0.920 bits per heavy atom. The van der Waals surface area contributed by atoms with Gasteiger partial charge in [-0.2, -0.15) is 0 Å². The van der Waals surface area contributed by atoms with Gasteiger partial charge in [-0.3, -0.25) is 19.2 Å². The van der Waals surface area contributed by atoms with Gasteiger partial charge in [-0.25, -0.2) is 54.8 Å². The Labute approximate surface area is 550 Å². The number of thioether (sulfide) groups is 5. The summed E-state index contributed by atoms with van der Waals surface area (Å²) in [7, 11) is -9.32. The number of nitrogens with one attached hydrogen (secondary N) is 1. The number of aldehydes is 4. The highest BCUT2D eigenvalue weighted by atomic mass is 35.5. The Bertz CT molecular complexity index is 2800. The molecule has 22 nitrogen and oxygen atoms in total. The maximum atomic E-state index is 10.7. The minimum absolute atomic E-state index is 0.0435. The van der Waals surface area contributed by atoms with Crippen LogP contribution < -0.4 is 0 Å². The van der Waals surface area contributed by atoms with Crippen LogP contribution in [0.1, 0.15) is 66.4 Å². The molecule has 0 aliphatic rings. The van der Waals surface area contributed by atoms with Crippen LogP contribution in [0.3, 0.4) is 0 Å². The molecule has 6 rings (SSSR count). The van der Waals surface area contributed by atoms with E-state index in [1.807, 2.05) is 6.92 Å². The number of alkyl halides is 1. The van der Waals surface area contributed by atoms with Crippen molar-refractivity contribution in [2.24, 2.45) is 0 Å². The minimum atomic E-state index is -1.92. The summed E-state index contributed by atoms with van der Waals surface area (Å²) in [4.78, 5) is 90.1. The highest BCUT2D eigenvalue weighted by Gasteiger charge is 2.35. The first-order valence-electron chi connectivity index (χ1n) is 26.8. The zero-order valence-electron chi connectivity index (χ0n) is 51.8. The predicted molar refractivity (Wildman–Crippen MR) is 369 cm³/mol. The number of nitrogens with zero attached hydrogens (tertiary/aromatic N) is 11. The van der Waals surface area contributed by atoms with Crippen LogP contribution in [0.2, 0.25) is 78.6 Å². The molecule has 35 heteroatoms. The van der Waals surface area contributed by atoms with Crippen LogP contribution >= 0.6 is 82.6 Å². The predicted octanol–water partition coefficient (Wildman–Crippen LogP) is 10.6. The van der Waals surface area contributed by atoms with Crippen LogP contribution in [0.5, 0.6) is 0 Å². The molecule has 0 spiro atoms.